The highest BCUT2D eigenvalue weighted by molar-refractivity contribution is 6.29. The summed E-state index contributed by atoms with van der Waals surface area (Å²) in [5.41, 5.74) is 19.3. The van der Waals surface area contributed by atoms with Gasteiger partial charge in [0.25, 0.3) is 0 Å². The summed E-state index contributed by atoms with van der Waals surface area (Å²) < 4.78 is 0. The highest BCUT2D eigenvalue weighted by Crippen LogP contribution is 2.51. The Hall–Kier alpha value is -9.10. The topological polar surface area (TPSA) is 0 Å². The molecule has 70 heavy (non-hydrogen) atoms. The van der Waals surface area contributed by atoms with E-state index in [1.165, 1.54) is 132 Å². The molecule has 13 aromatic rings. The molecule has 0 N–H and O–H groups in total. The highest BCUT2D eigenvalue weighted by Gasteiger charge is 2.24. The zero-order valence-corrected chi connectivity index (χ0v) is 38.6. The van der Waals surface area contributed by atoms with Crippen molar-refractivity contribution in [2.45, 2.75) is 0 Å². The molecule has 0 nitrogen and oxygen atoms in total. The van der Waals surface area contributed by atoms with E-state index in [4.69, 9.17) is 0 Å². The Bertz CT molecular complexity index is 3780. The fourth-order valence-electron chi connectivity index (χ4n) is 11.2. The summed E-state index contributed by atoms with van der Waals surface area (Å²) in [4.78, 5) is 0. The van der Waals surface area contributed by atoms with Crippen molar-refractivity contribution in [2.75, 3.05) is 0 Å². The number of hydrogen-bond donors (Lipinski definition) is 0. The van der Waals surface area contributed by atoms with E-state index in [9.17, 15) is 0 Å². The van der Waals surface area contributed by atoms with Crippen LogP contribution in [0.5, 0.6) is 0 Å². The maximum atomic E-state index is 2.54. The van der Waals surface area contributed by atoms with E-state index in [-0.39, 0.29) is 0 Å². The number of rotatable bonds is 8. The van der Waals surface area contributed by atoms with Crippen molar-refractivity contribution in [3.05, 3.63) is 279 Å². The molecule has 0 amide bonds. The molecule has 0 bridgehead atoms. The minimum Gasteiger partial charge on any atom is -0.0622 e. The van der Waals surface area contributed by atoms with E-state index in [0.29, 0.717) is 0 Å². The molecule has 0 atom stereocenters. The third kappa shape index (κ3) is 7.09. The van der Waals surface area contributed by atoms with Crippen molar-refractivity contribution in [1.82, 2.24) is 0 Å². The van der Waals surface area contributed by atoms with Crippen LogP contribution in [0.25, 0.3) is 132 Å². The van der Waals surface area contributed by atoms with Gasteiger partial charge in [-0.25, -0.2) is 0 Å². The normalized spacial score (nSPS) is 11.4. The van der Waals surface area contributed by atoms with E-state index in [0.717, 1.165) is 0 Å². The van der Waals surface area contributed by atoms with Crippen LogP contribution in [-0.4, -0.2) is 0 Å². The first-order valence-corrected chi connectivity index (χ1v) is 24.2. The van der Waals surface area contributed by atoms with Crippen molar-refractivity contribution in [1.29, 1.82) is 0 Å². The zero-order chi connectivity index (χ0) is 46.4. The molecule has 0 aliphatic rings. The lowest BCUT2D eigenvalue weighted by atomic mass is 9.80. The van der Waals surface area contributed by atoms with Crippen LogP contribution in [-0.2, 0) is 0 Å². The summed E-state index contributed by atoms with van der Waals surface area (Å²) in [7, 11) is 0. The van der Waals surface area contributed by atoms with Gasteiger partial charge in [0, 0.05) is 0 Å². The molecule has 0 radical (unpaired) electrons. The molecule has 0 saturated carbocycles. The monoisotopic (exact) mass is 886 g/mol. The lowest BCUT2D eigenvalue weighted by molar-refractivity contribution is 1.57. The molecule has 326 valence electrons. The quantitative estimate of drug-likeness (QED) is 0.133. The van der Waals surface area contributed by atoms with E-state index in [1.807, 2.05) is 0 Å². The second kappa shape index (κ2) is 17.5. The summed E-state index contributed by atoms with van der Waals surface area (Å²) in [6.07, 6.45) is 0. The van der Waals surface area contributed by atoms with Gasteiger partial charge in [-0.2, -0.15) is 0 Å². The Morgan fingerprint density at radius 1 is 0.129 bits per heavy atom. The Kier molecular flexibility index (Phi) is 10.3. The fourth-order valence-corrected chi connectivity index (χ4v) is 11.2. The molecule has 0 aliphatic carbocycles. The Labute approximate surface area is 409 Å². The van der Waals surface area contributed by atoms with Crippen LogP contribution in [0.3, 0.4) is 0 Å². The van der Waals surface area contributed by atoms with E-state index >= 15 is 0 Å². The molecule has 0 fully saturated rings. The SMILES string of the molecule is c1ccc(-c2ccc(-c3c4ccccc4c(-c4ccc(-c5ccccc5)c(-c5ccccc5)c4)c4cc5c(-c6ccccc6)c6ccccc6c(-c6ccccc6)c5cc34)cc2-c2ccccc2)cc1. The van der Waals surface area contributed by atoms with Gasteiger partial charge in [-0.05, 0) is 156 Å². The predicted octanol–water partition coefficient (Wildman–Crippen LogP) is 19.6. The molecule has 0 aliphatic heterocycles. The smallest absolute Gasteiger partial charge is 0.00259 e. The van der Waals surface area contributed by atoms with Crippen LogP contribution in [0.1, 0.15) is 0 Å². The molecular formula is C70H46. The van der Waals surface area contributed by atoms with Gasteiger partial charge in [0.15, 0.2) is 0 Å². The largest absolute Gasteiger partial charge is 0.0622 e. The molecule has 0 heterocycles. The Morgan fingerprint density at radius 3 is 0.643 bits per heavy atom. The van der Waals surface area contributed by atoms with E-state index in [1.54, 1.807) is 0 Å². The van der Waals surface area contributed by atoms with E-state index in [2.05, 4.69) is 279 Å². The number of hydrogen-bond acceptors (Lipinski definition) is 0. The third-order valence-electron chi connectivity index (χ3n) is 14.2. The third-order valence-corrected chi connectivity index (χ3v) is 14.2. The van der Waals surface area contributed by atoms with Crippen LogP contribution < -0.4 is 0 Å². The van der Waals surface area contributed by atoms with Crippen molar-refractivity contribution >= 4 is 43.1 Å². The van der Waals surface area contributed by atoms with Crippen LogP contribution in [0.2, 0.25) is 0 Å². The van der Waals surface area contributed by atoms with Gasteiger partial charge >= 0.3 is 0 Å². The average molecular weight is 887 g/mol. The zero-order valence-electron chi connectivity index (χ0n) is 38.6. The molecular weight excluding hydrogens is 841 g/mol. The second-order valence-electron chi connectivity index (χ2n) is 18.3. The summed E-state index contributed by atoms with van der Waals surface area (Å²) in [5.74, 6) is 0. The molecule has 0 aromatic heterocycles. The van der Waals surface area contributed by atoms with Crippen molar-refractivity contribution < 1.29 is 0 Å². The summed E-state index contributed by atoms with van der Waals surface area (Å²) in [6.45, 7) is 0. The number of benzene rings is 13. The van der Waals surface area contributed by atoms with Gasteiger partial charge < -0.3 is 0 Å². The summed E-state index contributed by atoms with van der Waals surface area (Å²) >= 11 is 0. The Balaban J connectivity index is 1.22. The predicted molar refractivity (Wildman–Crippen MR) is 300 cm³/mol. The second-order valence-corrected chi connectivity index (χ2v) is 18.3. The first-order valence-electron chi connectivity index (χ1n) is 24.2. The molecule has 0 saturated heterocycles. The van der Waals surface area contributed by atoms with Gasteiger partial charge in [0.2, 0.25) is 0 Å². The van der Waals surface area contributed by atoms with Gasteiger partial charge in [0.1, 0.15) is 0 Å². The lowest BCUT2D eigenvalue weighted by Crippen LogP contribution is -1.96. The van der Waals surface area contributed by atoms with E-state index < -0.39 is 0 Å². The summed E-state index contributed by atoms with van der Waals surface area (Å²) in [5, 5.41) is 9.80. The standard InChI is InChI=1S/C70H46/c1-7-23-47(24-8-1)55-41-39-53(43-61(55)49-27-11-3-12-28-49)69-59-37-21-22-38-60(59)70(54-40-42-56(48-25-9-2-10-26-48)62(44-54)50-29-13-4-14-30-50)66-46-64-63(45-65(66)69)67(51-31-15-5-16-32-51)57-35-19-20-36-58(57)68(64)52-33-17-6-18-34-52/h1-46H. The first-order chi connectivity index (χ1) is 34.8. The van der Waals surface area contributed by atoms with Gasteiger partial charge in [-0.15, -0.1) is 0 Å². The van der Waals surface area contributed by atoms with Crippen LogP contribution in [0, 0.1) is 0 Å². The fraction of sp³-hybridized carbons (Fsp3) is 0. The highest BCUT2D eigenvalue weighted by atomic mass is 14.3. The lowest BCUT2D eigenvalue weighted by Gasteiger charge is -2.23. The van der Waals surface area contributed by atoms with Gasteiger partial charge in [-0.1, -0.05) is 255 Å². The van der Waals surface area contributed by atoms with Crippen molar-refractivity contribution in [3.63, 3.8) is 0 Å². The maximum Gasteiger partial charge on any atom is -0.00259 e. The first kappa shape index (κ1) is 41.1. The van der Waals surface area contributed by atoms with Gasteiger partial charge in [0.05, 0.1) is 0 Å². The van der Waals surface area contributed by atoms with Gasteiger partial charge in [-0.3, -0.25) is 0 Å². The Morgan fingerprint density at radius 2 is 0.357 bits per heavy atom. The molecule has 0 spiro atoms. The van der Waals surface area contributed by atoms with Crippen molar-refractivity contribution in [2.24, 2.45) is 0 Å². The number of fused-ring (bicyclic) bond motifs is 4. The molecule has 13 rings (SSSR count). The van der Waals surface area contributed by atoms with Crippen molar-refractivity contribution in [3.8, 4) is 89.0 Å². The molecule has 0 unspecified atom stereocenters. The minimum absolute atomic E-state index is 1.18. The minimum atomic E-state index is 1.18. The average Bonchev–Trinajstić information content (AvgIpc) is 3.44. The molecule has 0 heteroatoms. The van der Waals surface area contributed by atoms with Crippen LogP contribution in [0.15, 0.2) is 279 Å². The van der Waals surface area contributed by atoms with Crippen LogP contribution >= 0.6 is 0 Å². The molecule has 13 aromatic carbocycles. The van der Waals surface area contributed by atoms with Crippen LogP contribution in [0.4, 0.5) is 0 Å². The summed E-state index contributed by atoms with van der Waals surface area (Å²) in [6, 6.07) is 103. The maximum absolute atomic E-state index is 2.54.